The molecule has 0 unspecified atom stereocenters. The maximum Gasteiger partial charge on any atom is 0.265 e. The normalized spacial score (nSPS) is 11.6. The highest BCUT2D eigenvalue weighted by Crippen LogP contribution is 2.28. The summed E-state index contributed by atoms with van der Waals surface area (Å²) in [4.78, 5) is -0.126. The van der Waals surface area contributed by atoms with E-state index < -0.39 is 10.0 Å². The van der Waals surface area contributed by atoms with E-state index >= 15 is 0 Å². The molecular formula is C15H17NO3S. The number of anilines is 1. The number of benzene rings is 2. The highest BCUT2D eigenvalue weighted by atomic mass is 32.2. The molecule has 0 aromatic heterocycles. The van der Waals surface area contributed by atoms with Gasteiger partial charge in [-0.3, -0.25) is 4.72 Å². The van der Waals surface area contributed by atoms with Crippen molar-refractivity contribution in [1.29, 1.82) is 0 Å². The molecule has 0 atom stereocenters. The minimum atomic E-state index is -3.80. The van der Waals surface area contributed by atoms with Crippen molar-refractivity contribution in [3.63, 3.8) is 0 Å². The average Bonchev–Trinajstić information content (AvgIpc) is 2.39. The minimum absolute atomic E-state index is 0.126. The van der Waals surface area contributed by atoms with Gasteiger partial charge in [-0.1, -0.05) is 44.2 Å². The molecule has 0 aliphatic carbocycles. The summed E-state index contributed by atoms with van der Waals surface area (Å²) in [5, 5.41) is 9.68. The molecule has 2 N–H and O–H groups in total. The molecule has 0 heterocycles. The highest BCUT2D eigenvalue weighted by Gasteiger charge is 2.19. The number of hydrogen-bond acceptors (Lipinski definition) is 3. The van der Waals surface area contributed by atoms with Crippen molar-refractivity contribution >= 4 is 15.7 Å². The molecule has 0 fully saturated rings. The van der Waals surface area contributed by atoms with Crippen LogP contribution in [0.3, 0.4) is 0 Å². The van der Waals surface area contributed by atoms with Gasteiger partial charge in [0.1, 0.15) is 10.6 Å². The number of hydrogen-bond donors (Lipinski definition) is 2. The Balaban J connectivity index is 2.42. The molecule has 2 aromatic carbocycles. The Labute approximate surface area is 119 Å². The lowest BCUT2D eigenvalue weighted by atomic mass is 10.0. The fraction of sp³-hybridized carbons (Fsp3) is 0.200. The summed E-state index contributed by atoms with van der Waals surface area (Å²) in [6.07, 6.45) is 0. The van der Waals surface area contributed by atoms with Crippen LogP contribution in [0.1, 0.15) is 25.3 Å². The molecule has 5 heteroatoms. The third kappa shape index (κ3) is 2.93. The standard InChI is InChI=1S/C15H17NO3S/c1-11(2)12-7-3-4-8-13(12)16-20(18,19)15-10-6-5-9-14(15)17/h3-11,16-17H,1-2H3. The monoisotopic (exact) mass is 291 g/mol. The van der Waals surface area contributed by atoms with E-state index in [0.717, 1.165) is 5.56 Å². The van der Waals surface area contributed by atoms with E-state index in [9.17, 15) is 13.5 Å². The second kappa shape index (κ2) is 5.54. The molecule has 0 spiro atoms. The molecule has 4 nitrogen and oxygen atoms in total. The summed E-state index contributed by atoms with van der Waals surface area (Å²) in [5.74, 6) is -0.0692. The van der Waals surface area contributed by atoms with E-state index in [1.165, 1.54) is 12.1 Å². The fourth-order valence-corrected chi connectivity index (χ4v) is 3.16. The van der Waals surface area contributed by atoms with E-state index in [1.54, 1.807) is 24.3 Å². The number of sulfonamides is 1. The van der Waals surface area contributed by atoms with Crippen molar-refractivity contribution in [3.8, 4) is 5.75 Å². The molecule has 2 rings (SSSR count). The predicted octanol–water partition coefficient (Wildman–Crippen LogP) is 3.32. The summed E-state index contributed by atoms with van der Waals surface area (Å²) >= 11 is 0. The highest BCUT2D eigenvalue weighted by molar-refractivity contribution is 7.92. The van der Waals surface area contributed by atoms with Crippen LogP contribution in [-0.4, -0.2) is 13.5 Å². The van der Waals surface area contributed by atoms with Crippen molar-refractivity contribution in [2.24, 2.45) is 0 Å². The van der Waals surface area contributed by atoms with Crippen LogP contribution in [-0.2, 0) is 10.0 Å². The fourth-order valence-electron chi connectivity index (χ4n) is 1.98. The zero-order valence-electron chi connectivity index (χ0n) is 11.4. The van der Waals surface area contributed by atoms with Crippen LogP contribution in [0.4, 0.5) is 5.69 Å². The summed E-state index contributed by atoms with van der Waals surface area (Å²) in [6, 6.07) is 13.1. The molecule has 106 valence electrons. The Morgan fingerprint density at radius 2 is 1.60 bits per heavy atom. The van der Waals surface area contributed by atoms with E-state index in [-0.39, 0.29) is 16.6 Å². The lowest BCUT2D eigenvalue weighted by Crippen LogP contribution is -2.14. The Morgan fingerprint density at radius 3 is 2.25 bits per heavy atom. The van der Waals surface area contributed by atoms with Crippen LogP contribution < -0.4 is 4.72 Å². The van der Waals surface area contributed by atoms with Gasteiger partial charge in [0.2, 0.25) is 0 Å². The number of para-hydroxylation sites is 2. The second-order valence-corrected chi connectivity index (χ2v) is 6.47. The predicted molar refractivity (Wildman–Crippen MR) is 79.4 cm³/mol. The van der Waals surface area contributed by atoms with Crippen LogP contribution >= 0.6 is 0 Å². The molecule has 0 aliphatic rings. The van der Waals surface area contributed by atoms with Crippen molar-refractivity contribution in [2.45, 2.75) is 24.7 Å². The van der Waals surface area contributed by atoms with Crippen LogP contribution in [0, 0.1) is 0 Å². The first-order chi connectivity index (χ1) is 9.42. The van der Waals surface area contributed by atoms with Gasteiger partial charge in [-0.25, -0.2) is 8.42 Å². The number of aromatic hydroxyl groups is 1. The molecule has 0 aliphatic heterocycles. The SMILES string of the molecule is CC(C)c1ccccc1NS(=O)(=O)c1ccccc1O. The quantitative estimate of drug-likeness (QED) is 0.908. The van der Waals surface area contributed by atoms with Crippen LogP contribution in [0.15, 0.2) is 53.4 Å². The first kappa shape index (κ1) is 14.4. The molecule has 0 amide bonds. The van der Waals surface area contributed by atoms with E-state index in [1.807, 2.05) is 26.0 Å². The van der Waals surface area contributed by atoms with Crippen molar-refractivity contribution in [3.05, 3.63) is 54.1 Å². The zero-order chi connectivity index (χ0) is 14.8. The van der Waals surface area contributed by atoms with Crippen LogP contribution in [0.2, 0.25) is 0 Å². The molecule has 0 bridgehead atoms. The Morgan fingerprint density at radius 1 is 1.00 bits per heavy atom. The maximum absolute atomic E-state index is 12.3. The van der Waals surface area contributed by atoms with Crippen LogP contribution in [0.5, 0.6) is 5.75 Å². The van der Waals surface area contributed by atoms with Gasteiger partial charge in [-0.05, 0) is 29.7 Å². The van der Waals surface area contributed by atoms with Gasteiger partial charge >= 0.3 is 0 Å². The van der Waals surface area contributed by atoms with Gasteiger partial charge < -0.3 is 5.11 Å². The van der Waals surface area contributed by atoms with E-state index in [0.29, 0.717) is 5.69 Å². The molecule has 0 saturated heterocycles. The molecular weight excluding hydrogens is 274 g/mol. The zero-order valence-corrected chi connectivity index (χ0v) is 12.2. The van der Waals surface area contributed by atoms with Gasteiger partial charge in [-0.2, -0.15) is 0 Å². The van der Waals surface area contributed by atoms with Crippen molar-refractivity contribution < 1.29 is 13.5 Å². The van der Waals surface area contributed by atoms with E-state index in [2.05, 4.69) is 4.72 Å². The number of phenols is 1. The summed E-state index contributed by atoms with van der Waals surface area (Å²) < 4.78 is 27.2. The number of rotatable bonds is 4. The molecule has 0 saturated carbocycles. The lowest BCUT2D eigenvalue weighted by Gasteiger charge is -2.15. The molecule has 0 radical (unpaired) electrons. The average molecular weight is 291 g/mol. The largest absolute Gasteiger partial charge is 0.507 e. The topological polar surface area (TPSA) is 66.4 Å². The van der Waals surface area contributed by atoms with Gasteiger partial charge in [0.25, 0.3) is 10.0 Å². The van der Waals surface area contributed by atoms with Gasteiger partial charge in [0.05, 0.1) is 5.69 Å². The van der Waals surface area contributed by atoms with Crippen molar-refractivity contribution in [2.75, 3.05) is 4.72 Å². The Bertz CT molecular complexity index is 709. The lowest BCUT2D eigenvalue weighted by molar-refractivity contribution is 0.459. The van der Waals surface area contributed by atoms with Crippen LogP contribution in [0.25, 0.3) is 0 Å². The molecule has 20 heavy (non-hydrogen) atoms. The number of phenolic OH excluding ortho intramolecular Hbond substituents is 1. The Kier molecular flexibility index (Phi) is 3.99. The van der Waals surface area contributed by atoms with E-state index in [4.69, 9.17) is 0 Å². The van der Waals surface area contributed by atoms with Gasteiger partial charge in [-0.15, -0.1) is 0 Å². The maximum atomic E-state index is 12.3. The summed E-state index contributed by atoms with van der Waals surface area (Å²) in [5.41, 5.74) is 1.44. The molecule has 2 aromatic rings. The first-order valence-corrected chi connectivity index (χ1v) is 7.80. The second-order valence-electron chi connectivity index (χ2n) is 4.82. The van der Waals surface area contributed by atoms with Crippen molar-refractivity contribution in [1.82, 2.24) is 0 Å². The van der Waals surface area contributed by atoms with Gasteiger partial charge in [0.15, 0.2) is 0 Å². The Hall–Kier alpha value is -2.01. The third-order valence-electron chi connectivity index (χ3n) is 2.98. The smallest absolute Gasteiger partial charge is 0.265 e. The van der Waals surface area contributed by atoms with Gasteiger partial charge in [0, 0.05) is 0 Å². The third-order valence-corrected chi connectivity index (χ3v) is 4.39. The summed E-state index contributed by atoms with van der Waals surface area (Å²) in [7, 11) is -3.80. The number of nitrogens with one attached hydrogen (secondary N) is 1. The summed E-state index contributed by atoms with van der Waals surface area (Å²) in [6.45, 7) is 3.99. The first-order valence-electron chi connectivity index (χ1n) is 6.31. The minimum Gasteiger partial charge on any atom is -0.507 e.